The Morgan fingerprint density at radius 3 is 2.25 bits per heavy atom. The third kappa shape index (κ3) is 5.44. The molecule has 2 aromatic rings. The van der Waals surface area contributed by atoms with Gasteiger partial charge in [0.25, 0.3) is 5.91 Å². The van der Waals surface area contributed by atoms with Crippen LogP contribution in [0.1, 0.15) is 81.0 Å². The predicted molar refractivity (Wildman–Crippen MR) is 166 cm³/mol. The van der Waals surface area contributed by atoms with Crippen LogP contribution in [-0.4, -0.2) is 37.6 Å². The molecule has 4 saturated carbocycles. The largest absolute Gasteiger partial charge is 0.497 e. The number of hydrogen-bond acceptors (Lipinski definition) is 3. The first-order valence-corrected chi connectivity index (χ1v) is 19.1. The summed E-state index contributed by atoms with van der Waals surface area (Å²) in [5.41, 5.74) is 8.48. The van der Waals surface area contributed by atoms with Crippen molar-refractivity contribution in [3.63, 3.8) is 0 Å². The Balaban J connectivity index is 1.34. The third-order valence-electron chi connectivity index (χ3n) is 9.85. The van der Waals surface area contributed by atoms with E-state index in [0.717, 1.165) is 48.3 Å². The first kappa shape index (κ1) is 27.5. The summed E-state index contributed by atoms with van der Waals surface area (Å²) in [6, 6.07) is 15.4. The Morgan fingerprint density at radius 2 is 1.68 bits per heavy atom. The fraction of sp³-hybridized carbons (Fsp3) is 0.571. The number of benzene rings is 2. The van der Waals surface area contributed by atoms with Crippen molar-refractivity contribution >= 4 is 19.7 Å². The van der Waals surface area contributed by atoms with Crippen molar-refractivity contribution in [2.24, 2.45) is 17.8 Å². The van der Waals surface area contributed by atoms with Gasteiger partial charge in [-0.1, -0.05) is 51.2 Å². The molecule has 4 nitrogen and oxygen atoms in total. The molecule has 212 valence electrons. The molecule has 0 aromatic heterocycles. The molecular weight excluding hydrogens is 508 g/mol. The summed E-state index contributed by atoms with van der Waals surface area (Å²) in [5, 5.41) is 4.04. The zero-order valence-electron chi connectivity index (χ0n) is 25.1. The molecule has 2 atom stereocenters. The summed E-state index contributed by atoms with van der Waals surface area (Å²) in [4.78, 5) is 16.0. The highest BCUT2D eigenvalue weighted by Gasteiger charge is 2.51. The van der Waals surface area contributed by atoms with Gasteiger partial charge >= 0.3 is 0 Å². The highest BCUT2D eigenvalue weighted by molar-refractivity contribution is 6.84. The van der Waals surface area contributed by atoms with E-state index in [0.29, 0.717) is 0 Å². The molecule has 5 heteroatoms. The summed E-state index contributed by atoms with van der Waals surface area (Å²) in [5.74, 6) is 6.68. The molecule has 2 aromatic carbocycles. The number of anilines is 1. The summed E-state index contributed by atoms with van der Waals surface area (Å²) >= 11 is 0. The number of ether oxygens (including phenoxy) is 1. The van der Waals surface area contributed by atoms with Crippen molar-refractivity contribution < 1.29 is 9.53 Å². The highest BCUT2D eigenvalue weighted by atomic mass is 28.3. The standard InChI is InChI=1S/C35H46N2O2Si/c1-6-7-30-19-28-20-31(39-2)12-13-32(28)34(37(30)33(38)14-15-40(3,4)5)27-8-10-29(11-9-27)36-35-21-24-16-25(22-35)18-26(17-24)23-35/h8-13,20,24-26,30,34,36H,6-7,16-19,21-23H2,1-5H3/t24?,25?,26?,30-,34-,35?/m0/s1. The Bertz CT molecular complexity index is 1280. The molecule has 1 N–H and O–H groups in total. The molecule has 4 fully saturated rings. The van der Waals surface area contributed by atoms with Crippen LogP contribution in [0.4, 0.5) is 5.69 Å². The minimum absolute atomic E-state index is 0.0388. The lowest BCUT2D eigenvalue weighted by Crippen LogP contribution is -2.54. The predicted octanol–water partition coefficient (Wildman–Crippen LogP) is 7.60. The van der Waals surface area contributed by atoms with Gasteiger partial charge in [0.05, 0.1) is 13.2 Å². The zero-order chi connectivity index (χ0) is 28.1. The van der Waals surface area contributed by atoms with E-state index in [2.05, 4.69) is 84.6 Å². The van der Waals surface area contributed by atoms with Crippen molar-refractivity contribution in [3.05, 3.63) is 59.2 Å². The van der Waals surface area contributed by atoms with Gasteiger partial charge in [0.2, 0.25) is 0 Å². The molecule has 5 aliphatic rings. The fourth-order valence-corrected chi connectivity index (χ4v) is 9.17. The number of amides is 1. The van der Waals surface area contributed by atoms with Crippen molar-refractivity contribution in [2.75, 3.05) is 12.4 Å². The highest BCUT2D eigenvalue weighted by Crippen LogP contribution is 2.56. The number of nitrogens with zero attached hydrogens (tertiary/aromatic N) is 1. The lowest BCUT2D eigenvalue weighted by molar-refractivity contribution is -0.130. The van der Waals surface area contributed by atoms with E-state index in [4.69, 9.17) is 4.74 Å². The number of carbonyl (C=O) groups is 1. The molecule has 1 amide bonds. The van der Waals surface area contributed by atoms with Crippen LogP contribution in [0.2, 0.25) is 19.6 Å². The first-order valence-electron chi connectivity index (χ1n) is 15.6. The van der Waals surface area contributed by atoms with Crippen LogP contribution in [0.15, 0.2) is 42.5 Å². The van der Waals surface area contributed by atoms with E-state index in [1.165, 1.54) is 55.3 Å². The third-order valence-corrected chi connectivity index (χ3v) is 10.7. The molecule has 7 rings (SSSR count). The second kappa shape index (κ2) is 10.6. The average molecular weight is 555 g/mol. The van der Waals surface area contributed by atoms with E-state index < -0.39 is 8.07 Å². The van der Waals surface area contributed by atoms with Gasteiger partial charge in [-0.05, 0) is 116 Å². The molecule has 0 saturated heterocycles. The lowest BCUT2D eigenvalue weighted by atomic mass is 9.53. The number of rotatable bonds is 6. The van der Waals surface area contributed by atoms with Gasteiger partial charge in [-0.25, -0.2) is 0 Å². The van der Waals surface area contributed by atoms with E-state index >= 15 is 0 Å². The molecule has 1 aliphatic heterocycles. The van der Waals surface area contributed by atoms with Crippen LogP contribution in [0.3, 0.4) is 0 Å². The van der Waals surface area contributed by atoms with Crippen molar-refractivity contribution in [1.82, 2.24) is 4.90 Å². The molecule has 4 aliphatic carbocycles. The molecule has 1 heterocycles. The summed E-state index contributed by atoms with van der Waals surface area (Å²) in [6.07, 6.45) is 11.2. The SMILES string of the molecule is CCC[C@H]1Cc2cc(OC)ccc2[C@H](c2ccc(NC34CC5CC(CC(C5)C3)C4)cc2)N1C(=O)C#C[Si](C)(C)C. The smallest absolute Gasteiger partial charge is 0.298 e. The quantitative estimate of drug-likeness (QED) is 0.295. The first-order chi connectivity index (χ1) is 19.1. The Kier molecular flexibility index (Phi) is 7.28. The summed E-state index contributed by atoms with van der Waals surface area (Å²) < 4.78 is 5.59. The summed E-state index contributed by atoms with van der Waals surface area (Å²) in [7, 11) is 0.0402. The van der Waals surface area contributed by atoms with Crippen LogP contribution < -0.4 is 10.1 Å². The Hall–Kier alpha value is -2.71. The topological polar surface area (TPSA) is 41.6 Å². The summed E-state index contributed by atoms with van der Waals surface area (Å²) in [6.45, 7) is 8.79. The van der Waals surface area contributed by atoms with Crippen molar-refractivity contribution in [2.45, 2.75) is 102 Å². The van der Waals surface area contributed by atoms with E-state index in [1.54, 1.807) is 7.11 Å². The number of carbonyl (C=O) groups excluding carboxylic acids is 1. The fourth-order valence-electron chi connectivity index (χ4n) is 8.69. The maximum absolute atomic E-state index is 13.9. The maximum Gasteiger partial charge on any atom is 0.298 e. The monoisotopic (exact) mass is 554 g/mol. The minimum atomic E-state index is -1.68. The number of fused-ring (bicyclic) bond motifs is 1. The van der Waals surface area contributed by atoms with Gasteiger partial charge in [0.1, 0.15) is 13.8 Å². The zero-order valence-corrected chi connectivity index (χ0v) is 26.1. The molecule has 4 bridgehead atoms. The van der Waals surface area contributed by atoms with Gasteiger partial charge in [0, 0.05) is 17.3 Å². The van der Waals surface area contributed by atoms with Crippen LogP contribution >= 0.6 is 0 Å². The van der Waals surface area contributed by atoms with Crippen LogP contribution in [-0.2, 0) is 11.2 Å². The number of hydrogen-bond donors (Lipinski definition) is 1. The Morgan fingerprint density at radius 1 is 1.02 bits per heavy atom. The van der Waals surface area contributed by atoms with E-state index in [1.807, 2.05) is 6.07 Å². The van der Waals surface area contributed by atoms with Gasteiger partial charge in [-0.15, -0.1) is 5.54 Å². The van der Waals surface area contributed by atoms with Crippen LogP contribution in [0, 0.1) is 29.2 Å². The van der Waals surface area contributed by atoms with Crippen LogP contribution in [0.25, 0.3) is 0 Å². The van der Waals surface area contributed by atoms with Crippen LogP contribution in [0.5, 0.6) is 5.75 Å². The molecule has 0 unspecified atom stereocenters. The molecule has 0 radical (unpaired) electrons. The van der Waals surface area contributed by atoms with Gasteiger partial charge in [0.15, 0.2) is 0 Å². The number of nitrogens with one attached hydrogen (secondary N) is 1. The van der Waals surface area contributed by atoms with E-state index in [-0.39, 0.29) is 23.5 Å². The van der Waals surface area contributed by atoms with Gasteiger partial charge < -0.3 is 15.0 Å². The minimum Gasteiger partial charge on any atom is -0.497 e. The lowest BCUT2D eigenvalue weighted by Gasteiger charge is -2.57. The Labute approximate surface area is 242 Å². The maximum atomic E-state index is 13.9. The normalized spacial score (nSPS) is 30.3. The second-order valence-electron chi connectivity index (χ2n) is 14.3. The molecule has 40 heavy (non-hydrogen) atoms. The van der Waals surface area contributed by atoms with E-state index in [9.17, 15) is 4.79 Å². The van der Waals surface area contributed by atoms with Gasteiger partial charge in [-0.2, -0.15) is 0 Å². The molecular formula is C35H46N2O2Si. The second-order valence-corrected chi connectivity index (χ2v) is 19.0. The van der Waals surface area contributed by atoms with Crippen molar-refractivity contribution in [3.8, 4) is 17.2 Å². The average Bonchev–Trinajstić information content (AvgIpc) is 2.90. The molecule has 0 spiro atoms. The van der Waals surface area contributed by atoms with Crippen molar-refractivity contribution in [1.29, 1.82) is 0 Å². The number of methoxy groups -OCH3 is 1. The van der Waals surface area contributed by atoms with Gasteiger partial charge in [-0.3, -0.25) is 4.79 Å².